The lowest BCUT2D eigenvalue weighted by Crippen LogP contribution is -2.11. The predicted octanol–water partition coefficient (Wildman–Crippen LogP) is 3.44. The summed E-state index contributed by atoms with van der Waals surface area (Å²) in [5, 5.41) is 11.3. The normalized spacial score (nSPS) is 11.0. The fraction of sp³-hybridized carbons (Fsp3) is 0.200. The molecule has 0 aliphatic rings. The van der Waals surface area contributed by atoms with Crippen molar-refractivity contribution in [3.8, 4) is 0 Å². The molecule has 7 nitrogen and oxygen atoms in total. The molecule has 1 N–H and O–H groups in total. The van der Waals surface area contributed by atoms with Crippen molar-refractivity contribution >= 4 is 34.3 Å². The number of aryl methyl sites for hydroxylation is 1. The van der Waals surface area contributed by atoms with Crippen LogP contribution in [-0.4, -0.2) is 34.0 Å². The van der Waals surface area contributed by atoms with Gasteiger partial charge in [-0.1, -0.05) is 35.5 Å². The Labute approximate surface area is 166 Å². The Morgan fingerprint density at radius 2 is 2.00 bits per heavy atom. The van der Waals surface area contributed by atoms with E-state index in [1.54, 1.807) is 17.0 Å². The van der Waals surface area contributed by atoms with Crippen molar-refractivity contribution in [1.82, 2.24) is 15.0 Å². The predicted molar refractivity (Wildman–Crippen MR) is 108 cm³/mol. The molecule has 8 heteroatoms. The minimum Gasteiger partial charge on any atom is -0.465 e. The van der Waals surface area contributed by atoms with Crippen molar-refractivity contribution in [2.45, 2.75) is 20.4 Å². The van der Waals surface area contributed by atoms with Crippen LogP contribution in [0.15, 0.2) is 42.6 Å². The summed E-state index contributed by atoms with van der Waals surface area (Å²) in [6.07, 6.45) is 4.70. The molecule has 0 saturated heterocycles. The molecule has 0 saturated carbocycles. The molecule has 3 aromatic rings. The molecule has 0 radical (unpaired) electrons. The van der Waals surface area contributed by atoms with Crippen LogP contribution >= 0.6 is 11.3 Å². The van der Waals surface area contributed by atoms with E-state index in [0.29, 0.717) is 22.8 Å². The standard InChI is InChI=1S/C20H20N4O3S/c1-13-14(2)28-19(18(13)20(26)27-3)21-17(25)10-9-16-12-24(23-22-16)11-15-7-5-4-6-8-15/h4-10,12H,11H2,1-3H3,(H,21,25)/b10-9+. The van der Waals surface area contributed by atoms with Crippen LogP contribution in [0, 0.1) is 13.8 Å². The Balaban J connectivity index is 1.67. The molecule has 3 rings (SSSR count). The molecule has 1 aromatic carbocycles. The molecular formula is C20H20N4O3S. The zero-order valence-corrected chi connectivity index (χ0v) is 16.6. The smallest absolute Gasteiger partial charge is 0.341 e. The number of nitrogens with one attached hydrogen (secondary N) is 1. The van der Waals surface area contributed by atoms with Gasteiger partial charge in [0.1, 0.15) is 10.7 Å². The Morgan fingerprint density at radius 1 is 1.25 bits per heavy atom. The van der Waals surface area contributed by atoms with E-state index in [0.717, 1.165) is 16.0 Å². The highest BCUT2D eigenvalue weighted by atomic mass is 32.1. The van der Waals surface area contributed by atoms with E-state index >= 15 is 0 Å². The van der Waals surface area contributed by atoms with Gasteiger partial charge in [-0.25, -0.2) is 9.48 Å². The van der Waals surface area contributed by atoms with Crippen LogP contribution in [0.4, 0.5) is 5.00 Å². The first kappa shape index (κ1) is 19.5. The number of ether oxygens (including phenoxy) is 1. The summed E-state index contributed by atoms with van der Waals surface area (Å²) in [6.45, 7) is 4.32. The number of esters is 1. The number of nitrogens with zero attached hydrogens (tertiary/aromatic N) is 3. The third kappa shape index (κ3) is 4.52. The van der Waals surface area contributed by atoms with Crippen LogP contribution in [-0.2, 0) is 16.1 Å². The zero-order chi connectivity index (χ0) is 20.1. The van der Waals surface area contributed by atoms with Crippen LogP contribution in [0.25, 0.3) is 6.08 Å². The van der Waals surface area contributed by atoms with E-state index in [4.69, 9.17) is 4.74 Å². The van der Waals surface area contributed by atoms with Gasteiger partial charge in [-0.15, -0.1) is 16.4 Å². The van der Waals surface area contributed by atoms with Gasteiger partial charge in [0.2, 0.25) is 5.91 Å². The summed E-state index contributed by atoms with van der Waals surface area (Å²) in [6, 6.07) is 9.91. The highest BCUT2D eigenvalue weighted by molar-refractivity contribution is 7.16. The van der Waals surface area contributed by atoms with Crippen LogP contribution in [0.2, 0.25) is 0 Å². The highest BCUT2D eigenvalue weighted by Crippen LogP contribution is 2.32. The van der Waals surface area contributed by atoms with E-state index in [1.165, 1.54) is 24.5 Å². The fourth-order valence-corrected chi connectivity index (χ4v) is 3.67. The molecule has 2 aromatic heterocycles. The quantitative estimate of drug-likeness (QED) is 0.509. The Kier molecular flexibility index (Phi) is 6.00. The van der Waals surface area contributed by atoms with Gasteiger partial charge in [0.05, 0.1) is 25.4 Å². The molecule has 0 spiro atoms. The lowest BCUT2D eigenvalue weighted by molar-refractivity contribution is -0.111. The van der Waals surface area contributed by atoms with Gasteiger partial charge in [-0.2, -0.15) is 0 Å². The van der Waals surface area contributed by atoms with Gasteiger partial charge in [-0.05, 0) is 31.1 Å². The summed E-state index contributed by atoms with van der Waals surface area (Å²) >= 11 is 1.34. The number of hydrogen-bond donors (Lipinski definition) is 1. The van der Waals surface area contributed by atoms with Crippen molar-refractivity contribution in [3.63, 3.8) is 0 Å². The number of thiophene rings is 1. The zero-order valence-electron chi connectivity index (χ0n) is 15.8. The van der Waals surface area contributed by atoms with E-state index in [2.05, 4.69) is 15.6 Å². The van der Waals surface area contributed by atoms with Crippen molar-refractivity contribution in [1.29, 1.82) is 0 Å². The number of amides is 1. The second-order valence-electron chi connectivity index (χ2n) is 6.13. The molecule has 0 aliphatic carbocycles. The summed E-state index contributed by atoms with van der Waals surface area (Å²) in [4.78, 5) is 25.2. The highest BCUT2D eigenvalue weighted by Gasteiger charge is 2.21. The number of carbonyl (C=O) groups is 2. The van der Waals surface area contributed by atoms with Crippen molar-refractivity contribution in [2.75, 3.05) is 12.4 Å². The van der Waals surface area contributed by atoms with Gasteiger partial charge in [-0.3, -0.25) is 4.79 Å². The van der Waals surface area contributed by atoms with Crippen LogP contribution in [0.5, 0.6) is 0 Å². The molecule has 0 unspecified atom stereocenters. The van der Waals surface area contributed by atoms with Crippen LogP contribution in [0.3, 0.4) is 0 Å². The second-order valence-corrected chi connectivity index (χ2v) is 7.35. The van der Waals surface area contributed by atoms with E-state index in [9.17, 15) is 9.59 Å². The summed E-state index contributed by atoms with van der Waals surface area (Å²) < 4.78 is 6.51. The number of carbonyl (C=O) groups excluding carboxylic acids is 2. The lowest BCUT2D eigenvalue weighted by Gasteiger charge is -2.03. The molecule has 0 aliphatic heterocycles. The Hall–Kier alpha value is -3.26. The molecule has 1 amide bonds. The first-order chi connectivity index (χ1) is 13.5. The molecule has 0 bridgehead atoms. The largest absolute Gasteiger partial charge is 0.465 e. The average molecular weight is 396 g/mol. The number of aromatic nitrogens is 3. The number of rotatable bonds is 6. The average Bonchev–Trinajstić information content (AvgIpc) is 3.24. The molecular weight excluding hydrogens is 376 g/mol. The molecule has 0 fully saturated rings. The van der Waals surface area contributed by atoms with Gasteiger partial charge >= 0.3 is 5.97 Å². The van der Waals surface area contributed by atoms with Gasteiger partial charge in [0, 0.05) is 11.0 Å². The summed E-state index contributed by atoms with van der Waals surface area (Å²) in [7, 11) is 1.32. The third-order valence-electron chi connectivity index (χ3n) is 4.16. The molecule has 0 atom stereocenters. The van der Waals surface area contributed by atoms with E-state index in [1.807, 2.05) is 44.2 Å². The maximum absolute atomic E-state index is 12.3. The lowest BCUT2D eigenvalue weighted by atomic mass is 10.1. The van der Waals surface area contributed by atoms with Crippen LogP contribution in [0.1, 0.15) is 32.1 Å². The number of anilines is 1. The summed E-state index contributed by atoms with van der Waals surface area (Å²) in [5.41, 5.74) is 2.87. The van der Waals surface area contributed by atoms with E-state index < -0.39 is 5.97 Å². The molecule has 2 heterocycles. The van der Waals surface area contributed by atoms with Gasteiger partial charge in [0.15, 0.2) is 0 Å². The first-order valence-electron chi connectivity index (χ1n) is 8.59. The minimum atomic E-state index is -0.468. The van der Waals surface area contributed by atoms with E-state index in [-0.39, 0.29) is 5.91 Å². The molecule has 144 valence electrons. The third-order valence-corrected chi connectivity index (χ3v) is 5.28. The number of methoxy groups -OCH3 is 1. The second kappa shape index (κ2) is 8.62. The molecule has 28 heavy (non-hydrogen) atoms. The number of hydrogen-bond acceptors (Lipinski definition) is 6. The van der Waals surface area contributed by atoms with Gasteiger partial charge < -0.3 is 10.1 Å². The topological polar surface area (TPSA) is 86.1 Å². The Bertz CT molecular complexity index is 1020. The van der Waals surface area contributed by atoms with Gasteiger partial charge in [0.25, 0.3) is 0 Å². The van der Waals surface area contributed by atoms with Crippen molar-refractivity contribution < 1.29 is 14.3 Å². The number of benzene rings is 1. The maximum atomic E-state index is 12.3. The first-order valence-corrected chi connectivity index (χ1v) is 9.41. The SMILES string of the molecule is COC(=O)c1c(NC(=O)/C=C/c2cn(Cc3ccccc3)nn2)sc(C)c1C. The van der Waals surface area contributed by atoms with Crippen molar-refractivity contribution in [3.05, 3.63) is 69.9 Å². The monoisotopic (exact) mass is 396 g/mol. The van der Waals surface area contributed by atoms with Crippen LogP contribution < -0.4 is 5.32 Å². The van der Waals surface area contributed by atoms with Crippen molar-refractivity contribution in [2.24, 2.45) is 0 Å². The maximum Gasteiger partial charge on any atom is 0.341 e. The minimum absolute atomic E-state index is 0.357. The Morgan fingerprint density at radius 3 is 2.71 bits per heavy atom. The fourth-order valence-electron chi connectivity index (χ4n) is 2.62. The summed E-state index contributed by atoms with van der Waals surface area (Å²) in [5.74, 6) is -0.825.